The number of thioether (sulfide) groups is 1. The third-order valence-corrected chi connectivity index (χ3v) is 7.80. The van der Waals surface area contributed by atoms with Gasteiger partial charge >= 0.3 is 0 Å². The minimum atomic E-state index is -0.269. The lowest BCUT2D eigenvalue weighted by Crippen LogP contribution is -2.51. The maximum absolute atomic E-state index is 16.4. The SMILES string of the molecule is C=C1c2cc(C)cc(C(C)Nc3ccc(F)cc3SC)c2C(F)=C(N2CCN(C)C(C)C2)N1C.CC.CC. The highest BCUT2D eigenvalue weighted by atomic mass is 32.2. The molecule has 2 heterocycles. The summed E-state index contributed by atoms with van der Waals surface area (Å²) in [4.78, 5) is 7.15. The molecule has 0 saturated carbocycles. The minimum absolute atomic E-state index is 0.195. The number of fused-ring (bicyclic) bond motifs is 1. The van der Waals surface area contributed by atoms with Crippen molar-refractivity contribution in [2.45, 2.75) is 65.4 Å². The summed E-state index contributed by atoms with van der Waals surface area (Å²) in [5.74, 6) is 0.102. The Morgan fingerprint density at radius 3 is 2.32 bits per heavy atom. The van der Waals surface area contributed by atoms with E-state index in [1.807, 2.05) is 71.9 Å². The summed E-state index contributed by atoms with van der Waals surface area (Å²) in [6.07, 6.45) is 1.92. The van der Waals surface area contributed by atoms with Crippen LogP contribution in [0.3, 0.4) is 0 Å². The number of hydrogen-bond acceptors (Lipinski definition) is 5. The standard InChI is InChI=1S/C27H34F2N4S.2C2H6/c1-16-12-21(18(3)30-23-9-8-20(28)14-24(23)34-7)25-22(13-16)19(4)32(6)27(26(25)29)33-11-10-31(5)17(2)15-33;2*1-2/h8-9,12-14,17-18,30H,4,10-11,15H2,1-3,5-7H3;2*1-2H3. The van der Waals surface area contributed by atoms with Gasteiger partial charge in [0, 0.05) is 66.2 Å². The Hall–Kier alpha value is -2.51. The van der Waals surface area contributed by atoms with E-state index in [1.54, 1.807) is 6.07 Å². The highest BCUT2D eigenvalue weighted by Crippen LogP contribution is 2.43. The fourth-order valence-corrected chi connectivity index (χ4v) is 5.46. The molecule has 0 aromatic heterocycles. The second-order valence-electron chi connectivity index (χ2n) is 9.41. The molecule has 1 N–H and O–H groups in total. The molecule has 4 rings (SSSR count). The molecular weight excluding hydrogens is 498 g/mol. The quantitative estimate of drug-likeness (QED) is 0.382. The molecule has 7 heteroatoms. The molecule has 0 amide bonds. The lowest BCUT2D eigenvalue weighted by molar-refractivity contribution is 0.113. The molecule has 2 aliphatic heterocycles. The van der Waals surface area contributed by atoms with Gasteiger partial charge in [-0.25, -0.2) is 8.78 Å². The van der Waals surface area contributed by atoms with Crippen molar-refractivity contribution >= 4 is 29.0 Å². The number of anilines is 1. The van der Waals surface area contributed by atoms with Gasteiger partial charge in [-0.3, -0.25) is 0 Å². The zero-order valence-corrected chi connectivity index (χ0v) is 25.7. The first kappa shape index (κ1) is 31.7. The van der Waals surface area contributed by atoms with Crippen LogP contribution in [0.25, 0.3) is 11.5 Å². The summed E-state index contributed by atoms with van der Waals surface area (Å²) in [5, 5.41) is 3.50. The molecule has 2 aromatic rings. The molecule has 210 valence electrons. The van der Waals surface area contributed by atoms with Crippen molar-refractivity contribution in [3.8, 4) is 0 Å². The first-order chi connectivity index (χ1) is 18.1. The number of piperazine rings is 1. The number of halogens is 2. The fraction of sp³-hybridized carbons (Fsp3) is 0.484. The van der Waals surface area contributed by atoms with Crippen LogP contribution in [0.15, 0.2) is 47.6 Å². The first-order valence-corrected chi connectivity index (χ1v) is 14.9. The smallest absolute Gasteiger partial charge is 0.172 e. The van der Waals surface area contributed by atoms with E-state index in [2.05, 4.69) is 35.7 Å². The van der Waals surface area contributed by atoms with E-state index < -0.39 is 0 Å². The number of rotatable bonds is 5. The maximum atomic E-state index is 16.4. The van der Waals surface area contributed by atoms with Gasteiger partial charge in [-0.2, -0.15) is 0 Å². The third kappa shape index (κ3) is 6.55. The van der Waals surface area contributed by atoms with E-state index in [4.69, 9.17) is 0 Å². The molecule has 2 atom stereocenters. The van der Waals surface area contributed by atoms with Crippen LogP contribution >= 0.6 is 11.8 Å². The van der Waals surface area contributed by atoms with Gasteiger partial charge in [-0.05, 0) is 63.9 Å². The van der Waals surface area contributed by atoms with Crippen molar-refractivity contribution in [1.82, 2.24) is 14.7 Å². The Morgan fingerprint density at radius 1 is 1.05 bits per heavy atom. The number of likely N-dealkylation sites (N-methyl/N-ethyl adjacent to an activating group) is 1. The van der Waals surface area contributed by atoms with Crippen molar-refractivity contribution in [3.05, 3.63) is 70.8 Å². The molecule has 2 aromatic carbocycles. The fourth-order valence-electron chi connectivity index (χ4n) is 4.88. The molecule has 2 unspecified atom stereocenters. The summed E-state index contributed by atoms with van der Waals surface area (Å²) in [6, 6.07) is 8.91. The van der Waals surface area contributed by atoms with E-state index in [0.29, 0.717) is 17.4 Å². The van der Waals surface area contributed by atoms with Crippen LogP contribution < -0.4 is 5.32 Å². The van der Waals surface area contributed by atoms with Gasteiger partial charge in [0.1, 0.15) is 11.6 Å². The summed E-state index contributed by atoms with van der Waals surface area (Å²) in [7, 11) is 4.01. The highest BCUT2D eigenvalue weighted by Gasteiger charge is 2.35. The second-order valence-corrected chi connectivity index (χ2v) is 10.3. The van der Waals surface area contributed by atoms with Gasteiger partial charge in [0.15, 0.2) is 5.83 Å². The van der Waals surface area contributed by atoms with Gasteiger partial charge in [-0.1, -0.05) is 45.9 Å². The van der Waals surface area contributed by atoms with Gasteiger partial charge in [0.05, 0.1) is 0 Å². The minimum Gasteiger partial charge on any atom is -0.378 e. The lowest BCUT2D eigenvalue weighted by atomic mass is 9.89. The van der Waals surface area contributed by atoms with Crippen LogP contribution in [0.2, 0.25) is 0 Å². The van der Waals surface area contributed by atoms with Crippen molar-refractivity contribution in [2.24, 2.45) is 0 Å². The average Bonchev–Trinajstić information content (AvgIpc) is 2.92. The van der Waals surface area contributed by atoms with Crippen LogP contribution in [0.4, 0.5) is 14.5 Å². The first-order valence-electron chi connectivity index (χ1n) is 13.6. The number of hydrogen-bond donors (Lipinski definition) is 1. The van der Waals surface area contributed by atoms with E-state index in [9.17, 15) is 4.39 Å². The Kier molecular flexibility index (Phi) is 11.7. The zero-order chi connectivity index (χ0) is 28.7. The molecule has 1 fully saturated rings. The van der Waals surface area contributed by atoms with Crippen molar-refractivity contribution in [3.63, 3.8) is 0 Å². The lowest BCUT2D eigenvalue weighted by Gasteiger charge is -2.44. The summed E-state index contributed by atoms with van der Waals surface area (Å²) < 4.78 is 30.2. The summed E-state index contributed by atoms with van der Waals surface area (Å²) in [6.45, 7) is 21.0. The van der Waals surface area contributed by atoms with E-state index in [0.717, 1.165) is 52.6 Å². The largest absolute Gasteiger partial charge is 0.378 e. The van der Waals surface area contributed by atoms with E-state index >= 15 is 4.39 Å². The van der Waals surface area contributed by atoms with Crippen LogP contribution in [0.1, 0.15) is 69.8 Å². The molecule has 0 aliphatic carbocycles. The van der Waals surface area contributed by atoms with Gasteiger partial charge in [0.25, 0.3) is 0 Å². The maximum Gasteiger partial charge on any atom is 0.172 e. The number of nitrogens with one attached hydrogen (secondary N) is 1. The van der Waals surface area contributed by atoms with Crippen molar-refractivity contribution < 1.29 is 8.78 Å². The average molecular weight is 545 g/mol. The summed E-state index contributed by atoms with van der Waals surface area (Å²) >= 11 is 1.48. The Balaban J connectivity index is 0.00000121. The Labute approximate surface area is 233 Å². The number of benzene rings is 2. The van der Waals surface area contributed by atoms with E-state index in [1.165, 1.54) is 23.9 Å². The predicted octanol–water partition coefficient (Wildman–Crippen LogP) is 8.23. The number of aryl methyl sites for hydroxylation is 1. The molecule has 0 spiro atoms. The van der Waals surface area contributed by atoms with E-state index in [-0.39, 0.29) is 17.7 Å². The molecule has 4 nitrogen and oxygen atoms in total. The van der Waals surface area contributed by atoms with Gasteiger partial charge < -0.3 is 20.0 Å². The van der Waals surface area contributed by atoms with Crippen LogP contribution in [-0.4, -0.2) is 60.7 Å². The molecule has 0 radical (unpaired) electrons. The van der Waals surface area contributed by atoms with Gasteiger partial charge in [-0.15, -0.1) is 11.8 Å². The van der Waals surface area contributed by atoms with Crippen LogP contribution in [0, 0.1) is 12.7 Å². The predicted molar refractivity (Wildman–Crippen MR) is 163 cm³/mol. The highest BCUT2D eigenvalue weighted by molar-refractivity contribution is 7.98. The summed E-state index contributed by atoms with van der Waals surface area (Å²) in [5.41, 5.74) is 4.97. The van der Waals surface area contributed by atoms with Gasteiger partial charge in [0.2, 0.25) is 0 Å². The molecular formula is C31H46F2N4S. The monoisotopic (exact) mass is 544 g/mol. The molecule has 2 aliphatic rings. The second kappa shape index (κ2) is 14.0. The molecule has 38 heavy (non-hydrogen) atoms. The van der Waals surface area contributed by atoms with Crippen molar-refractivity contribution in [1.29, 1.82) is 0 Å². The Bertz CT molecular complexity index is 1150. The van der Waals surface area contributed by atoms with Crippen molar-refractivity contribution in [2.75, 3.05) is 45.3 Å². The van der Waals surface area contributed by atoms with Crippen LogP contribution in [0.5, 0.6) is 0 Å². The molecule has 1 saturated heterocycles. The van der Waals surface area contributed by atoms with Crippen LogP contribution in [-0.2, 0) is 0 Å². The molecule has 0 bridgehead atoms. The number of nitrogens with zero attached hydrogens (tertiary/aromatic N) is 3. The third-order valence-electron chi connectivity index (χ3n) is 7.02. The zero-order valence-electron chi connectivity index (χ0n) is 24.9. The normalized spacial score (nSPS) is 18.2. The Morgan fingerprint density at radius 2 is 1.71 bits per heavy atom. The topological polar surface area (TPSA) is 21.8 Å².